The molecular formula is C17H19BrNO. The van der Waals surface area contributed by atoms with Crippen molar-refractivity contribution in [3.05, 3.63) is 47.4 Å². The molecule has 1 aromatic carbocycles. The van der Waals surface area contributed by atoms with E-state index in [4.69, 9.17) is 5.73 Å². The Hall–Kier alpha value is -1.09. The molecule has 1 amide bonds. The fourth-order valence-corrected chi connectivity index (χ4v) is 3.76. The average molecular weight is 333 g/mol. The van der Waals surface area contributed by atoms with Gasteiger partial charge >= 0.3 is 0 Å². The van der Waals surface area contributed by atoms with Gasteiger partial charge in [-0.25, -0.2) is 0 Å². The first kappa shape index (κ1) is 13.9. The van der Waals surface area contributed by atoms with E-state index in [2.05, 4.69) is 52.7 Å². The minimum Gasteiger partial charge on any atom is -0.369 e. The van der Waals surface area contributed by atoms with Gasteiger partial charge in [-0.05, 0) is 54.7 Å². The summed E-state index contributed by atoms with van der Waals surface area (Å²) in [6, 6.07) is 6.59. The summed E-state index contributed by atoms with van der Waals surface area (Å²) < 4.78 is 0. The van der Waals surface area contributed by atoms with Crippen molar-refractivity contribution in [2.75, 3.05) is 5.33 Å². The number of carbonyl (C=O) groups is 1. The zero-order chi connectivity index (χ0) is 14.2. The van der Waals surface area contributed by atoms with Gasteiger partial charge in [-0.2, -0.15) is 0 Å². The molecule has 0 aliphatic heterocycles. The molecule has 20 heavy (non-hydrogen) atoms. The van der Waals surface area contributed by atoms with Gasteiger partial charge in [-0.1, -0.05) is 46.3 Å². The van der Waals surface area contributed by atoms with E-state index in [1.54, 1.807) is 0 Å². The van der Waals surface area contributed by atoms with Crippen molar-refractivity contribution in [1.82, 2.24) is 0 Å². The number of carbonyl (C=O) groups excluding carboxylic acids is 1. The van der Waals surface area contributed by atoms with Crippen LogP contribution in [0.3, 0.4) is 0 Å². The molecule has 0 heterocycles. The van der Waals surface area contributed by atoms with Crippen molar-refractivity contribution in [2.24, 2.45) is 17.1 Å². The average Bonchev–Trinajstić information content (AvgIpc) is 2.74. The zero-order valence-corrected chi connectivity index (χ0v) is 13.0. The van der Waals surface area contributed by atoms with Crippen molar-refractivity contribution in [3.63, 3.8) is 0 Å². The maximum absolute atomic E-state index is 11.9. The number of allylic oxidation sites excluding steroid dienone is 1. The van der Waals surface area contributed by atoms with E-state index in [-0.39, 0.29) is 5.91 Å². The standard InChI is InChI=1S/C17H19BrNO/c18-7-1-2-12-3-4-14-9-13-5-6-17(10-13,16(19)20)11-15(14)8-12/h1-4,8,10,13H,5-7,9,11H2,(H2,19,20). The van der Waals surface area contributed by atoms with Gasteiger partial charge in [0.05, 0.1) is 5.41 Å². The van der Waals surface area contributed by atoms with Gasteiger partial charge in [0, 0.05) is 5.33 Å². The van der Waals surface area contributed by atoms with Crippen LogP contribution >= 0.6 is 15.9 Å². The summed E-state index contributed by atoms with van der Waals surface area (Å²) in [7, 11) is 0. The molecule has 1 saturated carbocycles. The number of primary amides is 1. The van der Waals surface area contributed by atoms with Crippen molar-refractivity contribution in [2.45, 2.75) is 25.7 Å². The van der Waals surface area contributed by atoms with Crippen LogP contribution in [0.15, 0.2) is 24.3 Å². The lowest BCUT2D eigenvalue weighted by Gasteiger charge is -2.25. The van der Waals surface area contributed by atoms with Crippen molar-refractivity contribution >= 4 is 27.9 Å². The molecule has 1 radical (unpaired) electrons. The Balaban J connectivity index is 1.98. The van der Waals surface area contributed by atoms with Gasteiger partial charge in [0.25, 0.3) is 0 Å². The Morgan fingerprint density at radius 3 is 3.05 bits per heavy atom. The van der Waals surface area contributed by atoms with E-state index in [1.807, 2.05) is 0 Å². The highest BCUT2D eigenvalue weighted by molar-refractivity contribution is 9.09. The number of benzene rings is 1. The van der Waals surface area contributed by atoms with Gasteiger partial charge in [-0.3, -0.25) is 4.79 Å². The minimum absolute atomic E-state index is 0.158. The Morgan fingerprint density at radius 2 is 2.30 bits per heavy atom. The number of hydrogen-bond donors (Lipinski definition) is 1. The van der Waals surface area contributed by atoms with Crippen LogP contribution in [0.1, 0.15) is 29.5 Å². The number of fused-ring (bicyclic) bond motifs is 3. The molecule has 1 aromatic rings. The Kier molecular flexibility index (Phi) is 3.72. The number of amides is 1. The highest BCUT2D eigenvalue weighted by atomic mass is 79.9. The summed E-state index contributed by atoms with van der Waals surface area (Å²) in [5, 5.41) is 0.852. The zero-order valence-electron chi connectivity index (χ0n) is 11.4. The minimum atomic E-state index is -0.409. The highest BCUT2D eigenvalue weighted by Crippen LogP contribution is 2.47. The largest absolute Gasteiger partial charge is 0.369 e. The van der Waals surface area contributed by atoms with Gasteiger partial charge in [0.2, 0.25) is 5.91 Å². The Labute approximate surface area is 128 Å². The van der Waals surface area contributed by atoms with Crippen LogP contribution in [-0.4, -0.2) is 11.2 Å². The summed E-state index contributed by atoms with van der Waals surface area (Å²) in [5.74, 6) is 0.349. The van der Waals surface area contributed by atoms with Gasteiger partial charge in [0.15, 0.2) is 0 Å². The summed E-state index contributed by atoms with van der Waals surface area (Å²) in [6.45, 7) is 0. The van der Waals surface area contributed by atoms with Crippen LogP contribution in [0.5, 0.6) is 0 Å². The number of hydrogen-bond acceptors (Lipinski definition) is 1. The lowest BCUT2D eigenvalue weighted by atomic mass is 9.79. The van der Waals surface area contributed by atoms with Crippen LogP contribution in [0, 0.1) is 17.8 Å². The van der Waals surface area contributed by atoms with Crippen LogP contribution in [0.25, 0.3) is 6.08 Å². The van der Waals surface area contributed by atoms with Gasteiger partial charge in [-0.15, -0.1) is 0 Å². The molecule has 2 N–H and O–H groups in total. The molecule has 2 nitrogen and oxygen atoms in total. The van der Waals surface area contributed by atoms with Crippen molar-refractivity contribution < 1.29 is 4.79 Å². The van der Waals surface area contributed by atoms with Crippen LogP contribution in [0.4, 0.5) is 0 Å². The first-order chi connectivity index (χ1) is 9.63. The fourth-order valence-electron chi connectivity index (χ4n) is 3.58. The van der Waals surface area contributed by atoms with Crippen molar-refractivity contribution in [3.8, 4) is 0 Å². The second kappa shape index (κ2) is 5.36. The van der Waals surface area contributed by atoms with Gasteiger partial charge in [0.1, 0.15) is 0 Å². The maximum Gasteiger partial charge on any atom is 0.224 e. The Morgan fingerprint density at radius 1 is 1.45 bits per heavy atom. The SMILES string of the molecule is NC(=O)C12[CH]C(CC1)Cc1ccc(C=CCBr)cc1C2. The van der Waals surface area contributed by atoms with Crippen LogP contribution in [-0.2, 0) is 17.6 Å². The molecular weight excluding hydrogens is 314 g/mol. The molecule has 3 heteroatoms. The quantitative estimate of drug-likeness (QED) is 0.848. The first-order valence-electron chi connectivity index (χ1n) is 7.13. The third-order valence-corrected chi connectivity index (χ3v) is 5.00. The summed E-state index contributed by atoms with van der Waals surface area (Å²) in [5.41, 5.74) is 9.15. The molecule has 105 valence electrons. The van der Waals surface area contributed by atoms with Crippen LogP contribution < -0.4 is 5.73 Å². The second-order valence-corrected chi connectivity index (χ2v) is 6.60. The summed E-state index contributed by atoms with van der Waals surface area (Å²) >= 11 is 3.40. The fraction of sp³-hybridized carbons (Fsp3) is 0.412. The van der Waals surface area contributed by atoms with E-state index >= 15 is 0 Å². The lowest BCUT2D eigenvalue weighted by molar-refractivity contribution is -0.125. The highest BCUT2D eigenvalue weighted by Gasteiger charge is 2.46. The molecule has 2 aliphatic carbocycles. The van der Waals surface area contributed by atoms with E-state index in [1.165, 1.54) is 16.7 Å². The van der Waals surface area contributed by atoms with E-state index < -0.39 is 5.41 Å². The van der Waals surface area contributed by atoms with E-state index in [0.717, 1.165) is 31.0 Å². The summed E-state index contributed by atoms with van der Waals surface area (Å²) in [4.78, 5) is 11.9. The normalized spacial score (nSPS) is 28.4. The molecule has 1 fully saturated rings. The topological polar surface area (TPSA) is 43.1 Å². The predicted molar refractivity (Wildman–Crippen MR) is 85.3 cm³/mol. The third kappa shape index (κ3) is 2.44. The number of halogens is 1. The summed E-state index contributed by atoms with van der Waals surface area (Å²) in [6.07, 6.45) is 10.2. The number of alkyl halides is 1. The third-order valence-electron chi connectivity index (χ3n) is 4.62. The second-order valence-electron chi connectivity index (χ2n) is 5.95. The molecule has 2 aliphatic rings. The smallest absolute Gasteiger partial charge is 0.224 e. The van der Waals surface area contributed by atoms with Crippen LogP contribution in [0.2, 0.25) is 0 Å². The molecule has 0 saturated heterocycles. The molecule has 0 spiro atoms. The molecule has 2 bridgehead atoms. The number of rotatable bonds is 3. The molecule has 2 atom stereocenters. The molecule has 0 aromatic heterocycles. The predicted octanol–water partition coefficient (Wildman–Crippen LogP) is 3.28. The van der Waals surface area contributed by atoms with Gasteiger partial charge < -0.3 is 5.73 Å². The molecule has 2 unspecified atom stereocenters. The van der Waals surface area contributed by atoms with Crippen molar-refractivity contribution in [1.29, 1.82) is 0 Å². The maximum atomic E-state index is 11.9. The van der Waals surface area contributed by atoms with E-state index in [0.29, 0.717) is 5.92 Å². The monoisotopic (exact) mass is 332 g/mol. The van der Waals surface area contributed by atoms with E-state index in [9.17, 15) is 4.79 Å². The molecule has 3 rings (SSSR count). The first-order valence-corrected chi connectivity index (χ1v) is 8.25. The Bertz CT molecular complexity index is 566. The number of nitrogens with two attached hydrogens (primary N) is 1. The lowest BCUT2D eigenvalue weighted by Crippen LogP contribution is -2.37.